The summed E-state index contributed by atoms with van der Waals surface area (Å²) in [6, 6.07) is 1.95. The van der Waals surface area contributed by atoms with Gasteiger partial charge in [-0.25, -0.2) is 0 Å². The van der Waals surface area contributed by atoms with Crippen molar-refractivity contribution in [2.75, 3.05) is 14.2 Å². The molecule has 0 spiro atoms. The van der Waals surface area contributed by atoms with Gasteiger partial charge in [-0.1, -0.05) is 18.3 Å². The van der Waals surface area contributed by atoms with Crippen LogP contribution in [0.3, 0.4) is 0 Å². The van der Waals surface area contributed by atoms with Crippen LogP contribution < -0.4 is 13.8 Å². The number of rotatable bonds is 1. The predicted octanol–water partition coefficient (Wildman–Crippen LogP) is 1.66. The summed E-state index contributed by atoms with van der Waals surface area (Å²) in [4.78, 5) is 2.35. The van der Waals surface area contributed by atoms with Gasteiger partial charge in [-0.2, -0.15) is 0 Å². The molecule has 0 bridgehead atoms. The molecule has 0 radical (unpaired) electrons. The maximum atomic E-state index is 5.37. The van der Waals surface area contributed by atoms with E-state index in [1.165, 1.54) is 4.91 Å². The van der Waals surface area contributed by atoms with Crippen LogP contribution in [-0.2, 0) is 4.42 Å². The molecule has 0 N–H and O–H groups in total. The van der Waals surface area contributed by atoms with E-state index in [9.17, 15) is 0 Å². The predicted molar refractivity (Wildman–Crippen MR) is 71.3 cm³/mol. The summed E-state index contributed by atoms with van der Waals surface area (Å²) < 4.78 is 12.8. The minimum absolute atomic E-state index is 0.871. The van der Waals surface area contributed by atoms with E-state index in [2.05, 4.69) is 13.5 Å². The van der Waals surface area contributed by atoms with Crippen molar-refractivity contribution in [3.8, 4) is 5.75 Å². The fourth-order valence-corrected chi connectivity index (χ4v) is 3.57. The SMILES string of the molecule is C=c1cc(OC)c(=C2SC(C)=CC2=[O+]C)s1. The van der Waals surface area contributed by atoms with Crippen LogP contribution in [0.2, 0.25) is 0 Å². The van der Waals surface area contributed by atoms with Gasteiger partial charge in [0.05, 0.1) is 17.7 Å². The Bertz CT molecular complexity index is 579. The molecular weight excluding hydrogens is 240 g/mol. The summed E-state index contributed by atoms with van der Waals surface area (Å²) >= 11 is 3.34. The fraction of sp³-hybridized carbons (Fsp3) is 0.250. The normalized spacial score (nSPS) is 21.4. The number of allylic oxidation sites excluding steroid dienone is 2. The first-order valence-corrected chi connectivity index (χ1v) is 6.43. The number of methoxy groups -OCH3 is 1. The Balaban J connectivity index is 2.70. The van der Waals surface area contributed by atoms with Crippen molar-refractivity contribution >= 4 is 40.4 Å². The highest BCUT2D eigenvalue weighted by atomic mass is 32.2. The van der Waals surface area contributed by atoms with Crippen molar-refractivity contribution in [1.29, 1.82) is 0 Å². The largest absolute Gasteiger partial charge is 0.495 e. The van der Waals surface area contributed by atoms with Gasteiger partial charge in [0.25, 0.3) is 7.11 Å². The van der Waals surface area contributed by atoms with Gasteiger partial charge in [0, 0.05) is 4.53 Å². The number of carbonyl (C=O) groups excluding carboxylic acids is 1. The van der Waals surface area contributed by atoms with E-state index in [0.29, 0.717) is 0 Å². The Morgan fingerprint density at radius 3 is 2.81 bits per heavy atom. The second-order valence-electron chi connectivity index (χ2n) is 3.36. The van der Waals surface area contributed by atoms with Crippen LogP contribution in [0.1, 0.15) is 6.92 Å². The van der Waals surface area contributed by atoms with Gasteiger partial charge in [0.15, 0.2) is 0 Å². The highest BCUT2D eigenvalue weighted by Crippen LogP contribution is 2.34. The molecule has 1 aliphatic rings. The van der Waals surface area contributed by atoms with Crippen molar-refractivity contribution in [2.24, 2.45) is 0 Å². The Kier molecular flexibility index (Phi) is 3.21. The molecule has 0 amide bonds. The molecule has 0 aliphatic carbocycles. The molecule has 0 aromatic carbocycles. The molecule has 0 atom stereocenters. The summed E-state index contributed by atoms with van der Waals surface area (Å²) in [6.07, 6.45) is 2.04. The Labute approximate surface area is 103 Å². The first kappa shape index (κ1) is 11.5. The zero-order valence-electron chi connectivity index (χ0n) is 9.49. The molecule has 2 heterocycles. The number of hydrogen-bond acceptors (Lipinski definition) is 3. The Morgan fingerprint density at radius 1 is 1.44 bits per heavy atom. The van der Waals surface area contributed by atoms with Crippen LogP contribution in [0.5, 0.6) is 5.75 Å². The fourth-order valence-electron chi connectivity index (χ4n) is 1.53. The van der Waals surface area contributed by atoms with Gasteiger partial charge < -0.3 is 4.74 Å². The zero-order chi connectivity index (χ0) is 11.7. The number of thiophene rings is 1. The molecule has 0 fully saturated rings. The van der Waals surface area contributed by atoms with Crippen LogP contribution in [-0.4, -0.2) is 20.0 Å². The maximum absolute atomic E-state index is 5.37. The molecule has 84 valence electrons. The topological polar surface area (TPSA) is 20.5 Å². The molecular formula is C12H13O2S2+. The van der Waals surface area contributed by atoms with E-state index in [1.807, 2.05) is 12.1 Å². The average molecular weight is 253 g/mol. The van der Waals surface area contributed by atoms with Gasteiger partial charge in [0.1, 0.15) is 10.7 Å². The lowest BCUT2D eigenvalue weighted by atomic mass is 10.3. The van der Waals surface area contributed by atoms with E-state index in [4.69, 9.17) is 9.16 Å². The molecule has 2 rings (SSSR count). The third-order valence-corrected chi connectivity index (χ3v) is 4.38. The molecule has 1 aromatic rings. The second-order valence-corrected chi connectivity index (χ2v) is 5.76. The van der Waals surface area contributed by atoms with Gasteiger partial charge in [-0.05, 0) is 17.9 Å². The number of ketones is 1. The molecule has 1 aromatic heterocycles. The van der Waals surface area contributed by atoms with E-state index in [-0.39, 0.29) is 0 Å². The van der Waals surface area contributed by atoms with Crippen LogP contribution >= 0.6 is 23.1 Å². The monoisotopic (exact) mass is 253 g/mol. The summed E-state index contributed by atoms with van der Waals surface area (Å²) in [5, 5.41) is 0. The minimum atomic E-state index is 0.871. The molecule has 4 heteroatoms. The van der Waals surface area contributed by atoms with Crippen molar-refractivity contribution in [3.63, 3.8) is 0 Å². The molecule has 1 aliphatic heterocycles. The Hall–Kier alpha value is -1.00. The summed E-state index contributed by atoms with van der Waals surface area (Å²) in [5.74, 6) is 1.78. The summed E-state index contributed by atoms with van der Waals surface area (Å²) in [7, 11) is 3.37. The lowest BCUT2D eigenvalue weighted by molar-refractivity contribution is -0.417. The number of thioether (sulfide) groups is 1. The first-order valence-electron chi connectivity index (χ1n) is 4.80. The third-order valence-electron chi connectivity index (χ3n) is 2.22. The molecule has 2 nitrogen and oxygen atoms in total. The second kappa shape index (κ2) is 4.47. The summed E-state index contributed by atoms with van der Waals surface area (Å²) in [5.41, 5.74) is 0. The number of hydrogen-bond donors (Lipinski definition) is 0. The van der Waals surface area contributed by atoms with Gasteiger partial charge >= 0.3 is 5.78 Å². The third kappa shape index (κ3) is 1.95. The van der Waals surface area contributed by atoms with E-state index in [0.717, 1.165) is 25.5 Å². The van der Waals surface area contributed by atoms with E-state index in [1.54, 1.807) is 37.3 Å². The van der Waals surface area contributed by atoms with Gasteiger partial charge in [-0.15, -0.1) is 11.3 Å². The lowest BCUT2D eigenvalue weighted by Gasteiger charge is -1.95. The van der Waals surface area contributed by atoms with Crippen molar-refractivity contribution < 1.29 is 9.16 Å². The lowest BCUT2D eigenvalue weighted by Crippen LogP contribution is -2.07. The van der Waals surface area contributed by atoms with Crippen molar-refractivity contribution in [3.05, 3.63) is 26.1 Å². The zero-order valence-corrected chi connectivity index (χ0v) is 11.1. The average Bonchev–Trinajstić information content (AvgIpc) is 2.80. The first-order chi connectivity index (χ1) is 7.65. The smallest absolute Gasteiger partial charge is 0.359 e. The maximum Gasteiger partial charge on any atom is 0.359 e. The molecule has 0 unspecified atom stereocenters. The standard InChI is InChI=1S/C12H13O2S2/c1-7-5-9(13-3)11(15-7)12-10(14-4)6-8(2)16-12/h5-6H,1H2,2-4H3/q+1. The van der Waals surface area contributed by atoms with E-state index < -0.39 is 0 Å². The Morgan fingerprint density at radius 2 is 2.19 bits per heavy atom. The quantitative estimate of drug-likeness (QED) is 0.710. The van der Waals surface area contributed by atoms with Crippen LogP contribution in [0.25, 0.3) is 11.5 Å². The van der Waals surface area contributed by atoms with Crippen molar-refractivity contribution in [1.82, 2.24) is 0 Å². The van der Waals surface area contributed by atoms with Crippen LogP contribution in [0.4, 0.5) is 0 Å². The molecule has 0 saturated heterocycles. The minimum Gasteiger partial charge on any atom is -0.495 e. The van der Waals surface area contributed by atoms with Gasteiger partial charge in [-0.3, -0.25) is 4.42 Å². The van der Waals surface area contributed by atoms with Crippen molar-refractivity contribution in [2.45, 2.75) is 6.92 Å². The highest BCUT2D eigenvalue weighted by Gasteiger charge is 2.26. The number of ether oxygens (including phenoxy) is 1. The van der Waals surface area contributed by atoms with E-state index >= 15 is 0 Å². The summed E-state index contributed by atoms with van der Waals surface area (Å²) in [6.45, 7) is 6.01. The molecule has 0 saturated carbocycles. The van der Waals surface area contributed by atoms with Crippen LogP contribution in [0.15, 0.2) is 17.0 Å². The van der Waals surface area contributed by atoms with Crippen LogP contribution in [0, 0.1) is 0 Å². The molecule has 16 heavy (non-hydrogen) atoms. The highest BCUT2D eigenvalue weighted by molar-refractivity contribution is 8.13. The van der Waals surface area contributed by atoms with Gasteiger partial charge in [0.2, 0.25) is 0 Å².